The van der Waals surface area contributed by atoms with E-state index in [0.717, 1.165) is 12.8 Å². The summed E-state index contributed by atoms with van der Waals surface area (Å²) in [6.45, 7) is 1.04. The second-order valence-corrected chi connectivity index (χ2v) is 8.05. The number of nitrogens with zero attached hydrogens (tertiary/aromatic N) is 1. The molecule has 27 heavy (non-hydrogen) atoms. The Bertz CT molecular complexity index is 930. The standard InChI is InChI=1S/C19H23N3O4S/c1-26-18-10-3-2-9-17(18)21-27(24,25)16-8-4-6-14(12-16)19(23)22-11-5-7-15(22)13-20/h2-4,6,8-10,12,15,21H,5,7,11,13,20H2,1H3. The molecule has 7 nitrogen and oxygen atoms in total. The number of methoxy groups -OCH3 is 1. The van der Waals surface area contributed by atoms with Crippen molar-refractivity contribution in [3.05, 3.63) is 54.1 Å². The van der Waals surface area contributed by atoms with E-state index < -0.39 is 10.0 Å². The Morgan fingerprint density at radius 2 is 2.04 bits per heavy atom. The number of nitrogens with one attached hydrogen (secondary N) is 1. The molecule has 8 heteroatoms. The fourth-order valence-electron chi connectivity index (χ4n) is 3.24. The third-order valence-electron chi connectivity index (χ3n) is 4.65. The van der Waals surface area contributed by atoms with E-state index in [9.17, 15) is 13.2 Å². The van der Waals surface area contributed by atoms with E-state index in [1.165, 1.54) is 19.2 Å². The molecule has 0 spiro atoms. The molecule has 0 bridgehead atoms. The summed E-state index contributed by atoms with van der Waals surface area (Å²) in [6.07, 6.45) is 1.77. The highest BCUT2D eigenvalue weighted by Crippen LogP contribution is 2.27. The first kappa shape index (κ1) is 19.2. The summed E-state index contributed by atoms with van der Waals surface area (Å²) in [4.78, 5) is 14.5. The summed E-state index contributed by atoms with van der Waals surface area (Å²) in [5.74, 6) is 0.216. The number of para-hydroxylation sites is 2. The summed E-state index contributed by atoms with van der Waals surface area (Å²) in [5.41, 5.74) is 6.41. The molecule has 3 rings (SSSR count). The molecular weight excluding hydrogens is 366 g/mol. The first-order chi connectivity index (χ1) is 13.0. The third kappa shape index (κ3) is 4.06. The maximum atomic E-state index is 12.8. The number of carbonyl (C=O) groups is 1. The summed E-state index contributed by atoms with van der Waals surface area (Å²) in [7, 11) is -2.40. The molecule has 1 atom stereocenters. The minimum Gasteiger partial charge on any atom is -0.495 e. The molecule has 0 aromatic heterocycles. The molecule has 1 aliphatic heterocycles. The molecule has 2 aromatic rings. The van der Waals surface area contributed by atoms with E-state index in [-0.39, 0.29) is 16.8 Å². The van der Waals surface area contributed by atoms with Crippen molar-refractivity contribution in [2.75, 3.05) is 24.9 Å². The van der Waals surface area contributed by atoms with E-state index in [2.05, 4.69) is 4.72 Å². The molecule has 3 N–H and O–H groups in total. The van der Waals surface area contributed by atoms with Gasteiger partial charge < -0.3 is 15.4 Å². The number of rotatable bonds is 6. The minimum atomic E-state index is -3.87. The lowest BCUT2D eigenvalue weighted by molar-refractivity contribution is 0.0741. The van der Waals surface area contributed by atoms with Crippen molar-refractivity contribution in [1.29, 1.82) is 0 Å². The Kier molecular flexibility index (Phi) is 5.67. The van der Waals surface area contributed by atoms with Gasteiger partial charge in [0.1, 0.15) is 5.75 Å². The Balaban J connectivity index is 1.87. The largest absolute Gasteiger partial charge is 0.495 e. The van der Waals surface area contributed by atoms with E-state index >= 15 is 0 Å². The number of hydrogen-bond acceptors (Lipinski definition) is 5. The molecule has 1 saturated heterocycles. The molecular formula is C19H23N3O4S. The zero-order chi connectivity index (χ0) is 19.4. The predicted octanol–water partition coefficient (Wildman–Crippen LogP) is 2.06. The van der Waals surface area contributed by atoms with Crippen LogP contribution in [-0.4, -0.2) is 45.5 Å². The molecule has 0 saturated carbocycles. The molecule has 1 fully saturated rings. The van der Waals surface area contributed by atoms with Crippen LogP contribution >= 0.6 is 0 Å². The van der Waals surface area contributed by atoms with Gasteiger partial charge in [0.05, 0.1) is 17.7 Å². The number of amides is 1. The number of anilines is 1. The van der Waals surface area contributed by atoms with Gasteiger partial charge in [-0.1, -0.05) is 18.2 Å². The lowest BCUT2D eigenvalue weighted by atomic mass is 10.1. The highest BCUT2D eigenvalue weighted by atomic mass is 32.2. The van der Waals surface area contributed by atoms with Gasteiger partial charge in [0, 0.05) is 24.7 Å². The van der Waals surface area contributed by atoms with Gasteiger partial charge in [-0.2, -0.15) is 0 Å². The van der Waals surface area contributed by atoms with Crippen LogP contribution in [-0.2, 0) is 10.0 Å². The highest BCUT2D eigenvalue weighted by molar-refractivity contribution is 7.92. The predicted molar refractivity (Wildman–Crippen MR) is 103 cm³/mol. The van der Waals surface area contributed by atoms with Crippen LogP contribution < -0.4 is 15.2 Å². The number of ether oxygens (including phenoxy) is 1. The fourth-order valence-corrected chi connectivity index (χ4v) is 4.36. The molecule has 0 radical (unpaired) electrons. The minimum absolute atomic E-state index is 0.00414. The molecule has 1 aliphatic rings. The van der Waals surface area contributed by atoms with Crippen LogP contribution in [0.2, 0.25) is 0 Å². The van der Waals surface area contributed by atoms with Crippen molar-refractivity contribution in [2.24, 2.45) is 5.73 Å². The summed E-state index contributed by atoms with van der Waals surface area (Å²) in [5, 5.41) is 0. The van der Waals surface area contributed by atoms with Crippen molar-refractivity contribution in [2.45, 2.75) is 23.8 Å². The first-order valence-corrected chi connectivity index (χ1v) is 10.2. The molecule has 1 heterocycles. The third-order valence-corrected chi connectivity index (χ3v) is 6.02. The number of nitrogens with two attached hydrogens (primary N) is 1. The second-order valence-electron chi connectivity index (χ2n) is 6.36. The van der Waals surface area contributed by atoms with Crippen LogP contribution in [0, 0.1) is 0 Å². The van der Waals surface area contributed by atoms with Crippen LogP contribution in [0.4, 0.5) is 5.69 Å². The van der Waals surface area contributed by atoms with Gasteiger partial charge in [-0.05, 0) is 43.2 Å². The van der Waals surface area contributed by atoms with Crippen molar-refractivity contribution in [3.63, 3.8) is 0 Å². The smallest absolute Gasteiger partial charge is 0.262 e. The van der Waals surface area contributed by atoms with Crippen LogP contribution in [0.3, 0.4) is 0 Å². The van der Waals surface area contributed by atoms with Crippen LogP contribution in [0.15, 0.2) is 53.4 Å². The van der Waals surface area contributed by atoms with Crippen molar-refractivity contribution < 1.29 is 17.9 Å². The fraction of sp³-hybridized carbons (Fsp3) is 0.316. The Morgan fingerprint density at radius 1 is 1.26 bits per heavy atom. The monoisotopic (exact) mass is 389 g/mol. The quantitative estimate of drug-likeness (QED) is 0.787. The summed E-state index contributed by atoms with van der Waals surface area (Å²) >= 11 is 0. The van der Waals surface area contributed by atoms with Gasteiger partial charge in [0.25, 0.3) is 15.9 Å². The SMILES string of the molecule is COc1ccccc1NS(=O)(=O)c1cccc(C(=O)N2CCCC2CN)c1. The molecule has 1 unspecified atom stereocenters. The zero-order valence-corrected chi connectivity index (χ0v) is 15.9. The summed E-state index contributed by atoms with van der Waals surface area (Å²) in [6, 6.07) is 12.8. The zero-order valence-electron chi connectivity index (χ0n) is 15.1. The molecule has 144 valence electrons. The Hall–Kier alpha value is -2.58. The van der Waals surface area contributed by atoms with Crippen LogP contribution in [0.25, 0.3) is 0 Å². The molecule has 1 amide bonds. The number of likely N-dealkylation sites (tertiary alicyclic amines) is 1. The first-order valence-electron chi connectivity index (χ1n) is 8.73. The lowest BCUT2D eigenvalue weighted by Gasteiger charge is -2.23. The molecule has 0 aliphatic carbocycles. The summed E-state index contributed by atoms with van der Waals surface area (Å²) < 4.78 is 33.2. The van der Waals surface area contributed by atoms with Gasteiger partial charge in [-0.3, -0.25) is 9.52 Å². The van der Waals surface area contributed by atoms with Crippen molar-refractivity contribution in [1.82, 2.24) is 4.90 Å². The van der Waals surface area contributed by atoms with Gasteiger partial charge in [0.15, 0.2) is 0 Å². The number of sulfonamides is 1. The van der Waals surface area contributed by atoms with E-state index in [4.69, 9.17) is 10.5 Å². The average molecular weight is 389 g/mol. The topological polar surface area (TPSA) is 102 Å². The van der Waals surface area contributed by atoms with Crippen LogP contribution in [0.5, 0.6) is 5.75 Å². The average Bonchev–Trinajstić information content (AvgIpc) is 3.16. The van der Waals surface area contributed by atoms with E-state index in [1.54, 1.807) is 41.3 Å². The van der Waals surface area contributed by atoms with E-state index in [0.29, 0.717) is 30.1 Å². The highest BCUT2D eigenvalue weighted by Gasteiger charge is 2.29. The number of benzene rings is 2. The van der Waals surface area contributed by atoms with Gasteiger partial charge in [0.2, 0.25) is 0 Å². The van der Waals surface area contributed by atoms with Crippen LogP contribution in [0.1, 0.15) is 23.2 Å². The van der Waals surface area contributed by atoms with Crippen molar-refractivity contribution in [3.8, 4) is 5.75 Å². The normalized spacial score (nSPS) is 17.0. The van der Waals surface area contributed by atoms with Gasteiger partial charge in [-0.15, -0.1) is 0 Å². The van der Waals surface area contributed by atoms with Gasteiger partial charge in [-0.25, -0.2) is 8.42 Å². The Morgan fingerprint density at radius 3 is 2.78 bits per heavy atom. The number of carbonyl (C=O) groups excluding carboxylic acids is 1. The lowest BCUT2D eigenvalue weighted by Crippen LogP contribution is -2.39. The van der Waals surface area contributed by atoms with Gasteiger partial charge >= 0.3 is 0 Å². The maximum absolute atomic E-state index is 12.8. The van der Waals surface area contributed by atoms with E-state index in [1.807, 2.05) is 0 Å². The molecule has 2 aromatic carbocycles. The maximum Gasteiger partial charge on any atom is 0.262 e. The Labute approximate surface area is 159 Å². The van der Waals surface area contributed by atoms with Crippen molar-refractivity contribution >= 4 is 21.6 Å². The number of hydrogen-bond donors (Lipinski definition) is 2. The second kappa shape index (κ2) is 7.98.